The normalized spacial score (nSPS) is 12.3. The highest BCUT2D eigenvalue weighted by atomic mass is 32.2. The molecule has 0 unspecified atom stereocenters. The van der Waals surface area contributed by atoms with Gasteiger partial charge in [0.25, 0.3) is 0 Å². The minimum atomic E-state index is -3.47. The molecule has 0 aliphatic carbocycles. The van der Waals surface area contributed by atoms with Crippen LogP contribution in [-0.2, 0) is 10.0 Å². The van der Waals surface area contributed by atoms with E-state index in [1.165, 1.54) is 10.4 Å². The zero-order valence-corrected chi connectivity index (χ0v) is 10.7. The molecule has 16 heavy (non-hydrogen) atoms. The molecule has 0 saturated heterocycles. The van der Waals surface area contributed by atoms with Crippen molar-refractivity contribution in [2.75, 3.05) is 12.3 Å². The fourth-order valence-electron chi connectivity index (χ4n) is 1.65. The zero-order valence-electron chi connectivity index (χ0n) is 9.84. The van der Waals surface area contributed by atoms with Crippen LogP contribution in [0.2, 0.25) is 0 Å². The molecule has 0 saturated carbocycles. The zero-order chi connectivity index (χ0) is 12.3. The fourth-order valence-corrected chi connectivity index (χ4v) is 3.42. The number of rotatable bonds is 4. The lowest BCUT2D eigenvalue weighted by molar-refractivity contribution is 0.369. The maximum Gasteiger partial charge on any atom is 0.245 e. The summed E-state index contributed by atoms with van der Waals surface area (Å²) in [4.78, 5) is 0.186. The molecule has 0 atom stereocenters. The molecule has 0 amide bonds. The molecule has 2 N–H and O–H groups in total. The molecule has 4 nitrogen and oxygen atoms in total. The third-order valence-electron chi connectivity index (χ3n) is 2.39. The Bertz CT molecular complexity index is 455. The number of sulfonamides is 1. The molecule has 1 rings (SSSR count). The average molecular weight is 242 g/mol. The van der Waals surface area contributed by atoms with Crippen molar-refractivity contribution < 1.29 is 8.42 Å². The Morgan fingerprint density at radius 3 is 2.31 bits per heavy atom. The first-order valence-corrected chi connectivity index (χ1v) is 6.71. The van der Waals surface area contributed by atoms with Gasteiger partial charge >= 0.3 is 0 Å². The van der Waals surface area contributed by atoms with Crippen molar-refractivity contribution in [2.45, 2.75) is 31.7 Å². The van der Waals surface area contributed by atoms with Crippen LogP contribution in [0.5, 0.6) is 0 Å². The van der Waals surface area contributed by atoms with Crippen LogP contribution in [0.4, 0.5) is 5.69 Å². The number of nitrogen functional groups attached to an aromatic ring is 1. The van der Waals surface area contributed by atoms with Crippen molar-refractivity contribution in [3.05, 3.63) is 24.3 Å². The minimum absolute atomic E-state index is 0.0744. The SMILES string of the molecule is CCN(C(C)C)S(=O)(=O)c1ccccc1N. The Balaban J connectivity index is 3.26. The molecule has 1 aromatic carbocycles. The first-order valence-electron chi connectivity index (χ1n) is 5.27. The van der Waals surface area contributed by atoms with Gasteiger partial charge < -0.3 is 5.73 Å². The molecule has 0 spiro atoms. The second-order valence-electron chi connectivity index (χ2n) is 3.84. The smallest absolute Gasteiger partial charge is 0.245 e. The van der Waals surface area contributed by atoms with Gasteiger partial charge in [0.1, 0.15) is 4.90 Å². The van der Waals surface area contributed by atoms with Crippen molar-refractivity contribution in [3.63, 3.8) is 0 Å². The third-order valence-corrected chi connectivity index (χ3v) is 4.62. The van der Waals surface area contributed by atoms with Crippen LogP contribution in [0, 0.1) is 0 Å². The predicted molar refractivity (Wildman–Crippen MR) is 65.6 cm³/mol. The van der Waals surface area contributed by atoms with E-state index in [0.717, 1.165) is 0 Å². The summed E-state index contributed by atoms with van der Waals surface area (Å²) in [6.07, 6.45) is 0. The Morgan fingerprint density at radius 2 is 1.88 bits per heavy atom. The van der Waals surface area contributed by atoms with E-state index in [2.05, 4.69) is 0 Å². The molecule has 0 aliphatic heterocycles. The highest BCUT2D eigenvalue weighted by Crippen LogP contribution is 2.23. The monoisotopic (exact) mass is 242 g/mol. The molecule has 0 heterocycles. The number of hydrogen-bond acceptors (Lipinski definition) is 3. The van der Waals surface area contributed by atoms with E-state index < -0.39 is 10.0 Å². The first kappa shape index (κ1) is 13.0. The van der Waals surface area contributed by atoms with Crippen LogP contribution in [-0.4, -0.2) is 25.3 Å². The quantitative estimate of drug-likeness (QED) is 0.817. The number of hydrogen-bond donors (Lipinski definition) is 1. The van der Waals surface area contributed by atoms with Gasteiger partial charge in [-0.15, -0.1) is 0 Å². The summed E-state index contributed by atoms with van der Waals surface area (Å²) in [5.41, 5.74) is 5.99. The summed E-state index contributed by atoms with van der Waals surface area (Å²) in [6, 6.07) is 6.46. The van der Waals surface area contributed by atoms with Gasteiger partial charge in [-0.25, -0.2) is 8.42 Å². The highest BCUT2D eigenvalue weighted by molar-refractivity contribution is 7.89. The maximum atomic E-state index is 12.3. The molecule has 0 aromatic heterocycles. The van der Waals surface area contributed by atoms with E-state index in [0.29, 0.717) is 12.2 Å². The number of anilines is 1. The summed E-state index contributed by atoms with van der Waals surface area (Å²) in [5, 5.41) is 0. The fraction of sp³-hybridized carbons (Fsp3) is 0.455. The largest absolute Gasteiger partial charge is 0.398 e. The van der Waals surface area contributed by atoms with Crippen molar-refractivity contribution in [3.8, 4) is 0 Å². The van der Waals surface area contributed by atoms with Crippen LogP contribution in [0.1, 0.15) is 20.8 Å². The lowest BCUT2D eigenvalue weighted by Gasteiger charge is -2.24. The van der Waals surface area contributed by atoms with Crippen LogP contribution < -0.4 is 5.73 Å². The van der Waals surface area contributed by atoms with E-state index in [1.807, 2.05) is 20.8 Å². The van der Waals surface area contributed by atoms with Crippen LogP contribution >= 0.6 is 0 Å². The summed E-state index contributed by atoms with van der Waals surface area (Å²) in [5.74, 6) is 0. The first-order chi connectivity index (χ1) is 7.41. The average Bonchev–Trinajstić information content (AvgIpc) is 2.17. The second-order valence-corrected chi connectivity index (χ2v) is 5.70. The summed E-state index contributed by atoms with van der Waals surface area (Å²) < 4.78 is 26.0. The van der Waals surface area contributed by atoms with Crippen molar-refractivity contribution >= 4 is 15.7 Å². The Hall–Kier alpha value is -1.07. The van der Waals surface area contributed by atoms with Gasteiger partial charge in [-0.3, -0.25) is 0 Å². The molecule has 0 fully saturated rings. The standard InChI is InChI=1S/C11H18N2O2S/c1-4-13(9(2)3)16(14,15)11-8-6-5-7-10(11)12/h5-9H,4,12H2,1-3H3. The van der Waals surface area contributed by atoms with E-state index >= 15 is 0 Å². The minimum Gasteiger partial charge on any atom is -0.398 e. The summed E-state index contributed by atoms with van der Waals surface area (Å²) in [6.45, 7) is 5.95. The predicted octanol–water partition coefficient (Wildman–Crippen LogP) is 1.69. The van der Waals surface area contributed by atoms with Crippen molar-refractivity contribution in [1.82, 2.24) is 4.31 Å². The van der Waals surface area contributed by atoms with Gasteiger partial charge in [-0.2, -0.15) is 4.31 Å². The molecule has 0 bridgehead atoms. The topological polar surface area (TPSA) is 63.4 Å². The van der Waals surface area contributed by atoms with Crippen molar-refractivity contribution in [2.24, 2.45) is 0 Å². The Kier molecular flexibility index (Phi) is 3.93. The third kappa shape index (κ3) is 2.36. The highest BCUT2D eigenvalue weighted by Gasteiger charge is 2.26. The van der Waals surface area contributed by atoms with Gasteiger partial charge in [-0.05, 0) is 26.0 Å². The van der Waals surface area contributed by atoms with Crippen LogP contribution in [0.3, 0.4) is 0 Å². The lowest BCUT2D eigenvalue weighted by Crippen LogP contribution is -2.36. The number of nitrogens with two attached hydrogens (primary N) is 1. The van der Waals surface area contributed by atoms with Gasteiger partial charge in [-0.1, -0.05) is 19.1 Å². The Labute approximate surface area is 97.1 Å². The maximum absolute atomic E-state index is 12.3. The van der Waals surface area contributed by atoms with Crippen LogP contribution in [0.25, 0.3) is 0 Å². The van der Waals surface area contributed by atoms with Gasteiger partial charge in [0.2, 0.25) is 10.0 Å². The second kappa shape index (κ2) is 4.84. The Morgan fingerprint density at radius 1 is 1.31 bits per heavy atom. The van der Waals surface area contributed by atoms with E-state index in [4.69, 9.17) is 5.73 Å². The number of nitrogens with zero attached hydrogens (tertiary/aromatic N) is 1. The molecule has 90 valence electrons. The van der Waals surface area contributed by atoms with E-state index in [-0.39, 0.29) is 10.9 Å². The van der Waals surface area contributed by atoms with E-state index in [1.54, 1.807) is 18.2 Å². The summed E-state index contributed by atoms with van der Waals surface area (Å²) in [7, 11) is -3.47. The van der Waals surface area contributed by atoms with Gasteiger partial charge in [0.05, 0.1) is 5.69 Å². The summed E-state index contributed by atoms with van der Waals surface area (Å²) >= 11 is 0. The number of para-hydroxylation sites is 1. The molecule has 1 aromatic rings. The molecular formula is C11H18N2O2S. The molecule has 0 radical (unpaired) electrons. The molecule has 0 aliphatic rings. The lowest BCUT2D eigenvalue weighted by atomic mass is 10.3. The van der Waals surface area contributed by atoms with Gasteiger partial charge in [0.15, 0.2) is 0 Å². The molecule has 5 heteroatoms. The number of benzene rings is 1. The van der Waals surface area contributed by atoms with Crippen LogP contribution in [0.15, 0.2) is 29.2 Å². The molecular weight excluding hydrogens is 224 g/mol. The van der Waals surface area contributed by atoms with Crippen molar-refractivity contribution in [1.29, 1.82) is 0 Å². The van der Waals surface area contributed by atoms with E-state index in [9.17, 15) is 8.42 Å². The van der Waals surface area contributed by atoms with Gasteiger partial charge in [0, 0.05) is 12.6 Å².